The van der Waals surface area contributed by atoms with E-state index in [0.717, 1.165) is 0 Å². The van der Waals surface area contributed by atoms with E-state index in [2.05, 4.69) is 0 Å². The second-order valence-electron chi connectivity index (χ2n) is 5.54. The Bertz CT molecular complexity index is 696. The first kappa shape index (κ1) is 20.1. The first-order valence-corrected chi connectivity index (χ1v) is 9.22. The minimum Gasteiger partial charge on any atom is -0.480 e. The van der Waals surface area contributed by atoms with Gasteiger partial charge in [0.2, 0.25) is 10.0 Å². The molecule has 1 N–H and O–H groups in total. The minimum atomic E-state index is -3.68. The van der Waals surface area contributed by atoms with Gasteiger partial charge in [-0.3, -0.25) is 9.59 Å². The molecular formula is C16H24N2O5S. The van der Waals surface area contributed by atoms with E-state index in [9.17, 15) is 18.0 Å². The van der Waals surface area contributed by atoms with Crippen molar-refractivity contribution >= 4 is 21.9 Å². The lowest BCUT2D eigenvalue weighted by Crippen LogP contribution is -2.40. The van der Waals surface area contributed by atoms with Crippen molar-refractivity contribution in [3.05, 3.63) is 29.8 Å². The fourth-order valence-corrected chi connectivity index (χ4v) is 3.81. The van der Waals surface area contributed by atoms with E-state index >= 15 is 0 Å². The molecule has 7 nitrogen and oxygen atoms in total. The Labute approximate surface area is 142 Å². The summed E-state index contributed by atoms with van der Waals surface area (Å²) in [6, 6.07) is 5.38. The Morgan fingerprint density at radius 3 is 2.21 bits per heavy atom. The zero-order valence-electron chi connectivity index (χ0n) is 14.4. The molecule has 1 rings (SSSR count). The number of benzene rings is 1. The van der Waals surface area contributed by atoms with Gasteiger partial charge in [-0.15, -0.1) is 0 Å². The van der Waals surface area contributed by atoms with Crippen LogP contribution in [0.5, 0.6) is 0 Å². The summed E-state index contributed by atoms with van der Waals surface area (Å²) in [5, 5.41) is 8.95. The molecule has 0 aliphatic heterocycles. The zero-order chi connectivity index (χ0) is 18.5. The molecule has 8 heteroatoms. The molecule has 1 aromatic rings. The normalized spacial score (nSPS) is 11.8. The van der Waals surface area contributed by atoms with Crippen LogP contribution in [-0.4, -0.2) is 60.3 Å². The average molecular weight is 356 g/mol. The van der Waals surface area contributed by atoms with Gasteiger partial charge >= 0.3 is 5.97 Å². The van der Waals surface area contributed by atoms with Crippen molar-refractivity contribution in [2.24, 2.45) is 0 Å². The van der Waals surface area contributed by atoms with E-state index in [1.807, 2.05) is 0 Å². The van der Waals surface area contributed by atoms with Gasteiger partial charge in [0.1, 0.15) is 6.54 Å². The van der Waals surface area contributed by atoms with Gasteiger partial charge in [-0.25, -0.2) is 8.42 Å². The van der Waals surface area contributed by atoms with Crippen molar-refractivity contribution < 1.29 is 23.1 Å². The van der Waals surface area contributed by atoms with Crippen molar-refractivity contribution in [2.75, 3.05) is 19.6 Å². The second-order valence-corrected chi connectivity index (χ2v) is 7.48. The molecular weight excluding hydrogens is 332 g/mol. The standard InChI is InChI=1S/C16H24N2O5S/c1-5-17(6-2)24(22,23)14-9-7-8-13(10-14)16(21)18(12(3)4)11-15(19)20/h7-10,12H,5-6,11H2,1-4H3,(H,19,20). The summed E-state index contributed by atoms with van der Waals surface area (Å²) < 4.78 is 26.4. The van der Waals surface area contributed by atoms with Gasteiger partial charge in [0.15, 0.2) is 0 Å². The Balaban J connectivity index is 3.24. The Hall–Kier alpha value is -1.93. The van der Waals surface area contributed by atoms with E-state index in [-0.39, 0.29) is 16.5 Å². The molecule has 0 atom stereocenters. The van der Waals surface area contributed by atoms with Gasteiger partial charge in [-0.05, 0) is 32.0 Å². The van der Waals surface area contributed by atoms with Gasteiger partial charge in [-0.2, -0.15) is 4.31 Å². The quantitative estimate of drug-likeness (QED) is 0.764. The summed E-state index contributed by atoms with van der Waals surface area (Å²) in [5.74, 6) is -1.63. The summed E-state index contributed by atoms with van der Waals surface area (Å²) in [6.45, 7) is 7.10. The first-order valence-electron chi connectivity index (χ1n) is 7.78. The van der Waals surface area contributed by atoms with Crippen LogP contribution in [0.15, 0.2) is 29.2 Å². The van der Waals surface area contributed by atoms with Crippen LogP contribution in [-0.2, 0) is 14.8 Å². The number of aliphatic carboxylic acids is 1. The molecule has 1 aromatic carbocycles. The average Bonchev–Trinajstić information content (AvgIpc) is 2.52. The molecule has 0 aliphatic rings. The van der Waals surface area contributed by atoms with Crippen LogP contribution < -0.4 is 0 Å². The van der Waals surface area contributed by atoms with Crippen molar-refractivity contribution in [1.29, 1.82) is 0 Å². The largest absolute Gasteiger partial charge is 0.480 e. The summed E-state index contributed by atoms with van der Waals surface area (Å²) in [5.41, 5.74) is 0.151. The predicted molar refractivity (Wildman–Crippen MR) is 90.4 cm³/mol. The highest BCUT2D eigenvalue weighted by Gasteiger charge is 2.25. The number of carboxylic acids is 1. The summed E-state index contributed by atoms with van der Waals surface area (Å²) in [4.78, 5) is 24.7. The van der Waals surface area contributed by atoms with Crippen LogP contribution in [0.3, 0.4) is 0 Å². The van der Waals surface area contributed by atoms with E-state index < -0.39 is 28.4 Å². The minimum absolute atomic E-state index is 0.0241. The number of rotatable bonds is 8. The molecule has 0 saturated carbocycles. The van der Waals surface area contributed by atoms with Gasteiger partial charge in [0, 0.05) is 24.7 Å². The molecule has 0 saturated heterocycles. The third-order valence-electron chi connectivity index (χ3n) is 3.61. The maximum absolute atomic E-state index is 12.6. The lowest BCUT2D eigenvalue weighted by atomic mass is 10.1. The van der Waals surface area contributed by atoms with Crippen LogP contribution in [0.2, 0.25) is 0 Å². The lowest BCUT2D eigenvalue weighted by Gasteiger charge is -2.25. The molecule has 0 heterocycles. The SMILES string of the molecule is CCN(CC)S(=O)(=O)c1cccc(C(=O)N(CC(=O)O)C(C)C)c1. The highest BCUT2D eigenvalue weighted by Crippen LogP contribution is 2.18. The molecule has 0 radical (unpaired) electrons. The van der Waals surface area contributed by atoms with Gasteiger partial charge < -0.3 is 10.0 Å². The van der Waals surface area contributed by atoms with E-state index in [4.69, 9.17) is 5.11 Å². The van der Waals surface area contributed by atoms with Crippen molar-refractivity contribution in [2.45, 2.75) is 38.6 Å². The smallest absolute Gasteiger partial charge is 0.323 e. The van der Waals surface area contributed by atoms with Crippen LogP contribution >= 0.6 is 0 Å². The molecule has 134 valence electrons. The van der Waals surface area contributed by atoms with Crippen LogP contribution in [0.4, 0.5) is 0 Å². The van der Waals surface area contributed by atoms with E-state index in [1.54, 1.807) is 27.7 Å². The third kappa shape index (κ3) is 4.55. The summed E-state index contributed by atoms with van der Waals surface area (Å²) >= 11 is 0. The maximum atomic E-state index is 12.6. The summed E-state index contributed by atoms with van der Waals surface area (Å²) in [7, 11) is -3.68. The molecule has 0 fully saturated rings. The van der Waals surface area contributed by atoms with E-state index in [0.29, 0.717) is 13.1 Å². The van der Waals surface area contributed by atoms with E-state index in [1.165, 1.54) is 33.5 Å². The molecule has 24 heavy (non-hydrogen) atoms. The maximum Gasteiger partial charge on any atom is 0.323 e. The summed E-state index contributed by atoms with van der Waals surface area (Å²) in [6.07, 6.45) is 0. The number of hydrogen-bond acceptors (Lipinski definition) is 4. The number of sulfonamides is 1. The number of hydrogen-bond donors (Lipinski definition) is 1. The number of carbonyl (C=O) groups is 2. The highest BCUT2D eigenvalue weighted by atomic mass is 32.2. The second kappa shape index (κ2) is 8.25. The predicted octanol–water partition coefficient (Wildman–Crippen LogP) is 1.65. The van der Waals surface area contributed by atoms with Crippen LogP contribution in [0.1, 0.15) is 38.1 Å². The van der Waals surface area contributed by atoms with Crippen LogP contribution in [0, 0.1) is 0 Å². The molecule has 0 spiro atoms. The Morgan fingerprint density at radius 2 is 1.75 bits per heavy atom. The number of carboxylic acid groups (broad SMARTS) is 1. The van der Waals surface area contributed by atoms with Gasteiger partial charge in [-0.1, -0.05) is 19.9 Å². The van der Waals surface area contributed by atoms with Gasteiger partial charge in [0.05, 0.1) is 4.90 Å². The number of nitrogens with zero attached hydrogens (tertiary/aromatic N) is 2. The topological polar surface area (TPSA) is 95.0 Å². The number of carbonyl (C=O) groups excluding carboxylic acids is 1. The molecule has 0 unspecified atom stereocenters. The Kier molecular flexibility index (Phi) is 6.92. The molecule has 0 aliphatic carbocycles. The Morgan fingerprint density at radius 1 is 1.17 bits per heavy atom. The number of amides is 1. The molecule has 0 aromatic heterocycles. The van der Waals surface area contributed by atoms with Crippen molar-refractivity contribution in [3.8, 4) is 0 Å². The van der Waals surface area contributed by atoms with Gasteiger partial charge in [0.25, 0.3) is 5.91 Å². The first-order chi connectivity index (χ1) is 11.1. The highest BCUT2D eigenvalue weighted by molar-refractivity contribution is 7.89. The third-order valence-corrected chi connectivity index (χ3v) is 5.66. The zero-order valence-corrected chi connectivity index (χ0v) is 15.2. The lowest BCUT2D eigenvalue weighted by molar-refractivity contribution is -0.138. The van der Waals surface area contributed by atoms with Crippen molar-refractivity contribution in [3.63, 3.8) is 0 Å². The van der Waals surface area contributed by atoms with Crippen LogP contribution in [0.25, 0.3) is 0 Å². The van der Waals surface area contributed by atoms with Crippen molar-refractivity contribution in [1.82, 2.24) is 9.21 Å². The molecule has 1 amide bonds. The monoisotopic (exact) mass is 356 g/mol. The fourth-order valence-electron chi connectivity index (χ4n) is 2.30. The fraction of sp³-hybridized carbons (Fsp3) is 0.500. The molecule has 0 bridgehead atoms.